The molecule has 0 bridgehead atoms. The van der Waals surface area contributed by atoms with E-state index in [9.17, 15) is 9.59 Å². The zero-order valence-corrected chi connectivity index (χ0v) is 11.2. The minimum Gasteiger partial charge on any atom is -0.464 e. The Labute approximate surface area is 112 Å². The number of rotatable bonds is 6. The van der Waals surface area contributed by atoms with E-state index in [1.165, 1.54) is 7.11 Å². The fourth-order valence-corrected chi connectivity index (χ4v) is 1.55. The van der Waals surface area contributed by atoms with Gasteiger partial charge in [0.15, 0.2) is 0 Å². The van der Waals surface area contributed by atoms with Crippen molar-refractivity contribution in [2.75, 3.05) is 13.7 Å². The number of hydrogen-bond acceptors (Lipinski definition) is 4. The molecule has 0 aliphatic carbocycles. The van der Waals surface area contributed by atoms with E-state index in [4.69, 9.17) is 4.74 Å². The summed E-state index contributed by atoms with van der Waals surface area (Å²) in [6.07, 6.45) is 0.468. The third-order valence-electron chi connectivity index (χ3n) is 2.49. The number of ether oxygens (including phenoxy) is 2. The number of carbonyl (C=O) groups excluding carboxylic acids is 2. The molecule has 0 aliphatic heterocycles. The van der Waals surface area contributed by atoms with Crippen LogP contribution in [0.1, 0.15) is 18.9 Å². The zero-order chi connectivity index (χ0) is 14.1. The monoisotopic (exact) mass is 265 g/mol. The molecule has 0 saturated heterocycles. The van der Waals surface area contributed by atoms with Gasteiger partial charge in [0.25, 0.3) is 0 Å². The average Bonchev–Trinajstić information content (AvgIpc) is 2.44. The van der Waals surface area contributed by atoms with Crippen molar-refractivity contribution < 1.29 is 19.1 Å². The van der Waals surface area contributed by atoms with Crippen molar-refractivity contribution in [1.29, 1.82) is 0 Å². The Kier molecular flexibility index (Phi) is 6.43. The van der Waals surface area contributed by atoms with Gasteiger partial charge in [-0.1, -0.05) is 37.3 Å². The minimum atomic E-state index is -0.735. The molecule has 1 rings (SSSR count). The third kappa shape index (κ3) is 5.42. The van der Waals surface area contributed by atoms with Crippen molar-refractivity contribution in [3.8, 4) is 0 Å². The topological polar surface area (TPSA) is 64.6 Å². The molecule has 0 aromatic heterocycles. The first kappa shape index (κ1) is 15.0. The van der Waals surface area contributed by atoms with Gasteiger partial charge >= 0.3 is 12.1 Å². The van der Waals surface area contributed by atoms with Crippen molar-refractivity contribution in [3.63, 3.8) is 0 Å². The second-order valence-electron chi connectivity index (χ2n) is 4.05. The van der Waals surface area contributed by atoms with Gasteiger partial charge in [-0.2, -0.15) is 0 Å². The van der Waals surface area contributed by atoms with Crippen molar-refractivity contribution >= 4 is 12.1 Å². The van der Waals surface area contributed by atoms with E-state index >= 15 is 0 Å². The van der Waals surface area contributed by atoms with E-state index in [-0.39, 0.29) is 0 Å². The Hall–Kier alpha value is -2.04. The molecule has 1 atom stereocenters. The second kappa shape index (κ2) is 8.13. The summed E-state index contributed by atoms with van der Waals surface area (Å²) in [6.45, 7) is 2.25. The highest BCUT2D eigenvalue weighted by Gasteiger charge is 2.22. The minimum absolute atomic E-state index is 0.340. The van der Waals surface area contributed by atoms with Crippen LogP contribution in [0.3, 0.4) is 0 Å². The number of methoxy groups -OCH3 is 1. The molecule has 104 valence electrons. The maximum atomic E-state index is 11.9. The number of alkyl carbamates (subject to hydrolysis) is 1. The standard InChI is InChI=1S/C14H19NO4/c1-3-9-19-13(16)12(15-14(17)18-2)10-11-7-5-4-6-8-11/h4-8,12H,3,9-10H2,1-2H3,(H,15,17)/t12-/m0/s1. The van der Waals surface area contributed by atoms with Crippen molar-refractivity contribution in [1.82, 2.24) is 5.32 Å². The molecule has 19 heavy (non-hydrogen) atoms. The molecule has 1 N–H and O–H groups in total. The lowest BCUT2D eigenvalue weighted by Crippen LogP contribution is -2.43. The molecule has 5 heteroatoms. The molecule has 0 radical (unpaired) electrons. The fourth-order valence-electron chi connectivity index (χ4n) is 1.55. The summed E-state index contributed by atoms with van der Waals surface area (Å²) in [5.41, 5.74) is 0.942. The van der Waals surface area contributed by atoms with Crippen LogP contribution in [0.2, 0.25) is 0 Å². The predicted octanol–water partition coefficient (Wildman–Crippen LogP) is 1.91. The Bertz CT molecular complexity index is 405. The predicted molar refractivity (Wildman–Crippen MR) is 70.7 cm³/mol. The Morgan fingerprint density at radius 3 is 2.53 bits per heavy atom. The van der Waals surface area contributed by atoms with Crippen LogP contribution in [-0.4, -0.2) is 31.8 Å². The fraction of sp³-hybridized carbons (Fsp3) is 0.429. The van der Waals surface area contributed by atoms with Crippen molar-refractivity contribution in [3.05, 3.63) is 35.9 Å². The molecule has 5 nitrogen and oxygen atoms in total. The van der Waals surface area contributed by atoms with Crippen molar-refractivity contribution in [2.45, 2.75) is 25.8 Å². The first-order chi connectivity index (χ1) is 9.17. The van der Waals surface area contributed by atoms with Gasteiger partial charge in [0.05, 0.1) is 13.7 Å². The molecule has 0 aliphatic rings. The van der Waals surface area contributed by atoms with Gasteiger partial charge in [0.1, 0.15) is 6.04 Å². The van der Waals surface area contributed by atoms with Crippen LogP contribution in [-0.2, 0) is 20.7 Å². The van der Waals surface area contributed by atoms with E-state index in [0.29, 0.717) is 13.0 Å². The Morgan fingerprint density at radius 2 is 1.95 bits per heavy atom. The van der Waals surface area contributed by atoms with Crippen LogP contribution in [0.4, 0.5) is 4.79 Å². The lowest BCUT2D eigenvalue weighted by molar-refractivity contribution is -0.146. The zero-order valence-electron chi connectivity index (χ0n) is 11.2. The van der Waals surface area contributed by atoms with E-state index in [2.05, 4.69) is 10.1 Å². The molecule has 1 aromatic rings. The Balaban J connectivity index is 2.68. The first-order valence-corrected chi connectivity index (χ1v) is 6.22. The van der Waals surface area contributed by atoms with Gasteiger partial charge in [0, 0.05) is 6.42 Å². The van der Waals surface area contributed by atoms with Crippen LogP contribution < -0.4 is 5.32 Å². The van der Waals surface area contributed by atoms with E-state index in [1.54, 1.807) is 0 Å². The summed E-state index contributed by atoms with van der Waals surface area (Å²) in [6, 6.07) is 8.69. The SMILES string of the molecule is CCCOC(=O)[C@H](Cc1ccccc1)NC(=O)OC. The summed E-state index contributed by atoms with van der Waals surface area (Å²) in [5.74, 6) is -0.448. The van der Waals surface area contributed by atoms with Gasteiger partial charge in [-0.3, -0.25) is 0 Å². The lowest BCUT2D eigenvalue weighted by atomic mass is 10.1. The van der Waals surface area contributed by atoms with Gasteiger partial charge in [-0.15, -0.1) is 0 Å². The van der Waals surface area contributed by atoms with E-state index in [1.807, 2.05) is 37.3 Å². The summed E-state index contributed by atoms with van der Waals surface area (Å²) in [5, 5.41) is 2.49. The largest absolute Gasteiger partial charge is 0.464 e. The maximum absolute atomic E-state index is 11.9. The van der Waals surface area contributed by atoms with Gasteiger partial charge in [-0.05, 0) is 12.0 Å². The van der Waals surface area contributed by atoms with Crippen molar-refractivity contribution in [2.24, 2.45) is 0 Å². The van der Waals surface area contributed by atoms with Gasteiger partial charge in [-0.25, -0.2) is 9.59 Å². The van der Waals surface area contributed by atoms with Crippen LogP contribution in [0.5, 0.6) is 0 Å². The van der Waals surface area contributed by atoms with Crippen LogP contribution in [0, 0.1) is 0 Å². The molecular formula is C14H19NO4. The first-order valence-electron chi connectivity index (χ1n) is 6.22. The van der Waals surface area contributed by atoms with Gasteiger partial charge in [0.2, 0.25) is 0 Å². The average molecular weight is 265 g/mol. The van der Waals surface area contributed by atoms with Crippen LogP contribution in [0.15, 0.2) is 30.3 Å². The lowest BCUT2D eigenvalue weighted by Gasteiger charge is -2.16. The highest BCUT2D eigenvalue weighted by molar-refractivity contribution is 5.81. The molecule has 1 aromatic carbocycles. The quantitative estimate of drug-likeness (QED) is 0.798. The van der Waals surface area contributed by atoms with Crippen LogP contribution >= 0.6 is 0 Å². The van der Waals surface area contributed by atoms with Gasteiger partial charge < -0.3 is 14.8 Å². The molecule has 0 unspecified atom stereocenters. The summed E-state index contributed by atoms with van der Waals surface area (Å²) in [7, 11) is 1.26. The normalized spacial score (nSPS) is 11.5. The summed E-state index contributed by atoms with van der Waals surface area (Å²) in [4.78, 5) is 23.1. The highest BCUT2D eigenvalue weighted by Crippen LogP contribution is 2.05. The third-order valence-corrected chi connectivity index (χ3v) is 2.49. The number of nitrogens with one attached hydrogen (secondary N) is 1. The number of carbonyl (C=O) groups is 2. The number of benzene rings is 1. The smallest absolute Gasteiger partial charge is 0.407 e. The molecule has 0 fully saturated rings. The molecule has 0 saturated carbocycles. The number of esters is 1. The van der Waals surface area contributed by atoms with E-state index < -0.39 is 18.1 Å². The molecule has 0 heterocycles. The van der Waals surface area contributed by atoms with Crippen LogP contribution in [0.25, 0.3) is 0 Å². The maximum Gasteiger partial charge on any atom is 0.407 e. The number of hydrogen-bond donors (Lipinski definition) is 1. The molecular weight excluding hydrogens is 246 g/mol. The summed E-state index contributed by atoms with van der Waals surface area (Å²) >= 11 is 0. The summed E-state index contributed by atoms with van der Waals surface area (Å²) < 4.78 is 9.58. The molecule has 0 spiro atoms. The Morgan fingerprint density at radius 1 is 1.26 bits per heavy atom. The van der Waals surface area contributed by atoms with E-state index in [0.717, 1.165) is 12.0 Å². The highest BCUT2D eigenvalue weighted by atomic mass is 16.5. The number of amides is 1. The second-order valence-corrected chi connectivity index (χ2v) is 4.05. The molecule has 1 amide bonds.